The third kappa shape index (κ3) is 1.72. The van der Waals surface area contributed by atoms with Gasteiger partial charge in [0.05, 0.1) is 0 Å². The summed E-state index contributed by atoms with van der Waals surface area (Å²) in [6, 6.07) is 0. The molecule has 1 rings (SSSR count). The van der Waals surface area contributed by atoms with E-state index in [1.807, 2.05) is 0 Å². The minimum Gasteiger partial charge on any atom is -0.383 e. The maximum atomic E-state index is 5.52. The van der Waals surface area contributed by atoms with Crippen LogP contribution in [0.15, 0.2) is 0 Å². The van der Waals surface area contributed by atoms with Crippen molar-refractivity contribution in [1.82, 2.24) is 0 Å². The summed E-state index contributed by atoms with van der Waals surface area (Å²) in [5, 5.41) is 0. The van der Waals surface area contributed by atoms with Crippen LogP contribution in [0.4, 0.5) is 0 Å². The lowest BCUT2D eigenvalue weighted by Crippen LogP contribution is -2.25. The van der Waals surface area contributed by atoms with Crippen molar-refractivity contribution in [3.05, 3.63) is 0 Å². The average Bonchev–Trinajstić information content (AvgIpc) is 1.90. The van der Waals surface area contributed by atoms with E-state index in [0.29, 0.717) is 0 Å². The van der Waals surface area contributed by atoms with Crippen LogP contribution in [0.3, 0.4) is 0 Å². The van der Waals surface area contributed by atoms with E-state index in [-0.39, 0.29) is 9.04 Å². The summed E-state index contributed by atoms with van der Waals surface area (Å²) >= 11 is 0. The Morgan fingerprint density at radius 2 is 2.38 bits per heavy atom. The van der Waals surface area contributed by atoms with E-state index in [1.54, 1.807) is 0 Å². The molecule has 1 heterocycles. The molecule has 0 aromatic carbocycles. The SMILES string of the molecule is [SiH3][SiH2]C1CCCCO1. The molecule has 0 saturated carbocycles. The van der Waals surface area contributed by atoms with E-state index < -0.39 is 0 Å². The Morgan fingerprint density at radius 3 is 2.75 bits per heavy atom. The Balaban J connectivity index is 2.13. The van der Waals surface area contributed by atoms with Gasteiger partial charge in [-0.15, -0.1) is 0 Å². The number of rotatable bonds is 1. The zero-order valence-corrected chi connectivity index (χ0v) is 8.94. The third-order valence-corrected chi connectivity index (χ3v) is 6.02. The van der Waals surface area contributed by atoms with Crippen molar-refractivity contribution in [3.8, 4) is 0 Å². The van der Waals surface area contributed by atoms with Gasteiger partial charge >= 0.3 is 0 Å². The maximum absolute atomic E-state index is 5.52. The van der Waals surface area contributed by atoms with E-state index in [0.717, 1.165) is 12.3 Å². The minimum absolute atomic E-state index is 0.285. The fourth-order valence-corrected chi connectivity index (χ4v) is 4.16. The monoisotopic (exact) mass is 146 g/mol. The van der Waals surface area contributed by atoms with Crippen LogP contribution in [0, 0.1) is 0 Å². The van der Waals surface area contributed by atoms with Crippen LogP contribution >= 0.6 is 0 Å². The highest BCUT2D eigenvalue weighted by atomic mass is 29.1. The van der Waals surface area contributed by atoms with Gasteiger partial charge in [-0.3, -0.25) is 0 Å². The Kier molecular flexibility index (Phi) is 2.79. The minimum atomic E-state index is 0.285. The first-order valence-corrected chi connectivity index (χ1v) is 10.0. The van der Waals surface area contributed by atoms with Gasteiger partial charge in [0.2, 0.25) is 0 Å². The summed E-state index contributed by atoms with van der Waals surface area (Å²) in [5.74, 6) is 0. The molecule has 0 amide bonds. The molecule has 8 heavy (non-hydrogen) atoms. The summed E-state index contributed by atoms with van der Waals surface area (Å²) in [6.07, 6.45) is 4.13. The number of hydrogen-bond donors (Lipinski definition) is 0. The Hall–Kier alpha value is 0.394. The summed E-state index contributed by atoms with van der Waals surface area (Å²) in [4.78, 5) is 0. The van der Waals surface area contributed by atoms with E-state index >= 15 is 0 Å². The molecular weight excluding hydrogens is 132 g/mol. The number of ether oxygens (including phenoxy) is 1. The quantitative estimate of drug-likeness (QED) is 0.430. The number of hydrogen-bond acceptors (Lipinski definition) is 1. The molecule has 0 radical (unpaired) electrons. The van der Waals surface area contributed by atoms with Gasteiger partial charge in [0.1, 0.15) is 0 Å². The van der Waals surface area contributed by atoms with Gasteiger partial charge in [0.15, 0.2) is 0 Å². The zero-order chi connectivity index (χ0) is 5.82. The second kappa shape index (κ2) is 3.43. The van der Waals surface area contributed by atoms with Crippen molar-refractivity contribution in [1.29, 1.82) is 0 Å². The average molecular weight is 146 g/mol. The highest BCUT2D eigenvalue weighted by Gasteiger charge is 2.09. The van der Waals surface area contributed by atoms with E-state index in [1.165, 1.54) is 29.0 Å². The maximum Gasteiger partial charge on any atom is 0.0465 e. The largest absolute Gasteiger partial charge is 0.383 e. The molecule has 0 aromatic heterocycles. The first kappa shape index (κ1) is 6.51. The summed E-state index contributed by atoms with van der Waals surface area (Å²) in [6.45, 7) is 1.06. The van der Waals surface area contributed by atoms with Crippen LogP contribution in [-0.2, 0) is 4.74 Å². The van der Waals surface area contributed by atoms with E-state index in [9.17, 15) is 0 Å². The van der Waals surface area contributed by atoms with Gasteiger partial charge in [-0.25, -0.2) is 0 Å². The van der Waals surface area contributed by atoms with E-state index in [4.69, 9.17) is 4.74 Å². The van der Waals surface area contributed by atoms with Crippen molar-refractivity contribution in [3.63, 3.8) is 0 Å². The first-order valence-electron chi connectivity index (χ1n) is 3.55. The summed E-state index contributed by atoms with van der Waals surface area (Å²) < 4.78 is 5.52. The fraction of sp³-hybridized carbons (Fsp3) is 1.00. The summed E-state index contributed by atoms with van der Waals surface area (Å²) in [5.41, 5.74) is 0.787. The standard InChI is InChI=1S/C5H14OSi2/c7-8-5-3-1-2-4-6-5/h5H,1-4,8H2,7H3. The van der Waals surface area contributed by atoms with Crippen molar-refractivity contribution >= 4 is 18.8 Å². The van der Waals surface area contributed by atoms with Gasteiger partial charge in [-0.2, -0.15) is 0 Å². The van der Waals surface area contributed by atoms with Gasteiger partial charge in [0, 0.05) is 21.4 Å². The summed E-state index contributed by atoms with van der Waals surface area (Å²) in [7, 11) is 1.73. The smallest absolute Gasteiger partial charge is 0.0465 e. The molecular formula is C5H14OSi2. The second-order valence-corrected chi connectivity index (χ2v) is 6.57. The predicted octanol–water partition coefficient (Wildman–Crippen LogP) is -1.04. The van der Waals surface area contributed by atoms with Gasteiger partial charge in [-0.1, -0.05) is 0 Å². The molecule has 0 spiro atoms. The molecule has 1 saturated heterocycles. The Morgan fingerprint density at radius 1 is 1.50 bits per heavy atom. The topological polar surface area (TPSA) is 9.23 Å². The molecule has 0 aliphatic carbocycles. The molecule has 1 aliphatic rings. The predicted molar refractivity (Wildman–Crippen MR) is 42.1 cm³/mol. The van der Waals surface area contributed by atoms with Crippen LogP contribution in [0.2, 0.25) is 0 Å². The normalized spacial score (nSPS) is 32.2. The molecule has 48 valence electrons. The van der Waals surface area contributed by atoms with Crippen LogP contribution in [-0.4, -0.2) is 31.1 Å². The van der Waals surface area contributed by atoms with Crippen LogP contribution in [0.25, 0.3) is 0 Å². The van der Waals surface area contributed by atoms with Gasteiger partial charge in [0.25, 0.3) is 0 Å². The van der Waals surface area contributed by atoms with Gasteiger partial charge < -0.3 is 4.74 Å². The lowest BCUT2D eigenvalue weighted by atomic mass is 10.2. The molecule has 1 fully saturated rings. The van der Waals surface area contributed by atoms with Crippen molar-refractivity contribution in [2.75, 3.05) is 6.61 Å². The first-order chi connectivity index (χ1) is 3.93. The van der Waals surface area contributed by atoms with E-state index in [2.05, 4.69) is 0 Å². The van der Waals surface area contributed by atoms with Crippen molar-refractivity contribution in [2.24, 2.45) is 0 Å². The van der Waals surface area contributed by atoms with Crippen molar-refractivity contribution < 1.29 is 4.74 Å². The third-order valence-electron chi connectivity index (χ3n) is 1.73. The Bertz CT molecular complexity index is 61.4. The second-order valence-electron chi connectivity index (χ2n) is 2.40. The fourth-order valence-electron chi connectivity index (χ4n) is 1.13. The highest BCUT2D eigenvalue weighted by Crippen LogP contribution is 2.09. The molecule has 0 bridgehead atoms. The lowest BCUT2D eigenvalue weighted by molar-refractivity contribution is 0.0666. The van der Waals surface area contributed by atoms with Crippen LogP contribution in [0.5, 0.6) is 0 Å². The molecule has 1 aliphatic heterocycles. The zero-order valence-electron chi connectivity index (χ0n) is 5.52. The molecule has 0 N–H and O–H groups in total. The van der Waals surface area contributed by atoms with Crippen LogP contribution in [0.1, 0.15) is 19.3 Å². The molecule has 0 aromatic rings. The lowest BCUT2D eigenvalue weighted by Gasteiger charge is -2.20. The molecule has 3 heteroatoms. The van der Waals surface area contributed by atoms with Crippen LogP contribution < -0.4 is 0 Å². The van der Waals surface area contributed by atoms with Crippen molar-refractivity contribution in [2.45, 2.75) is 25.0 Å². The van der Waals surface area contributed by atoms with Gasteiger partial charge in [-0.05, 0) is 29.0 Å². The molecule has 1 nitrogen and oxygen atoms in total. The highest BCUT2D eigenvalue weighted by molar-refractivity contribution is 6.90. The Labute approximate surface area is 55.8 Å². The molecule has 1 atom stereocenters. The molecule has 1 unspecified atom stereocenters.